The van der Waals surface area contributed by atoms with Crippen molar-refractivity contribution in [1.82, 2.24) is 14.9 Å². The van der Waals surface area contributed by atoms with Crippen molar-refractivity contribution in [1.29, 1.82) is 0 Å². The van der Waals surface area contributed by atoms with Gasteiger partial charge in [0, 0.05) is 27.7 Å². The number of para-hydroxylation sites is 2. The second-order valence-electron chi connectivity index (χ2n) is 8.13. The third-order valence-electron chi connectivity index (χ3n) is 6.09. The molecule has 2 N–H and O–H groups in total. The number of phenolic OH excluding ortho intramolecular Hbond substituents is 1. The number of rotatable bonds is 4. The minimum absolute atomic E-state index is 0.172. The van der Waals surface area contributed by atoms with Gasteiger partial charge in [0.2, 0.25) is 0 Å². The lowest BCUT2D eigenvalue weighted by Crippen LogP contribution is -2.29. The fourth-order valence-corrected chi connectivity index (χ4v) is 5.42. The maximum absolute atomic E-state index is 10.7. The van der Waals surface area contributed by atoms with Gasteiger partial charge in [0.25, 0.3) is 0 Å². The molecule has 1 saturated heterocycles. The molecule has 0 saturated carbocycles. The van der Waals surface area contributed by atoms with Crippen LogP contribution in [0.1, 0.15) is 34.7 Å². The fraction of sp³-hybridized carbons (Fsp3) is 0.154. The summed E-state index contributed by atoms with van der Waals surface area (Å²) in [6, 6.07) is 23.3. The highest BCUT2D eigenvalue weighted by Gasteiger charge is 2.43. The van der Waals surface area contributed by atoms with E-state index in [1.54, 1.807) is 12.3 Å². The number of halogens is 1. The molecule has 1 aliphatic rings. The zero-order valence-electron chi connectivity index (χ0n) is 18.2. The van der Waals surface area contributed by atoms with E-state index in [2.05, 4.69) is 62.8 Å². The van der Waals surface area contributed by atoms with E-state index in [1.807, 2.05) is 53.4 Å². The Morgan fingerprint density at radius 1 is 1.00 bits per heavy atom. The molecule has 2 aromatic heterocycles. The first-order valence-electron chi connectivity index (χ1n) is 10.7. The summed E-state index contributed by atoms with van der Waals surface area (Å²) in [5, 5.41) is 14.7. The predicted octanol–water partition coefficient (Wildman–Crippen LogP) is 6.13. The summed E-state index contributed by atoms with van der Waals surface area (Å²) in [6.07, 6.45) is 1.80. The molecule has 4 aromatic rings. The highest BCUT2D eigenvalue weighted by atomic mass is 79.9. The third-order valence-corrected chi connectivity index (χ3v) is 6.90. The number of pyridine rings is 1. The Hall–Kier alpha value is -3.16. The molecule has 2 aromatic carbocycles. The van der Waals surface area contributed by atoms with Gasteiger partial charge in [-0.15, -0.1) is 0 Å². The molecule has 166 valence electrons. The average molecular weight is 519 g/mol. The molecule has 2 atom stereocenters. The SMILES string of the molecule is Cc1cc([C@H]2[C@H](c3ccccn3)NC(=S)N2c2ccccc2O)c(C)n1-c1cccc(Br)c1. The molecule has 5 rings (SSSR count). The summed E-state index contributed by atoms with van der Waals surface area (Å²) >= 11 is 9.39. The predicted molar refractivity (Wildman–Crippen MR) is 139 cm³/mol. The first-order valence-corrected chi connectivity index (χ1v) is 11.9. The van der Waals surface area contributed by atoms with Crippen molar-refractivity contribution in [2.24, 2.45) is 0 Å². The maximum Gasteiger partial charge on any atom is 0.174 e. The molecule has 0 bridgehead atoms. The van der Waals surface area contributed by atoms with E-state index in [4.69, 9.17) is 12.2 Å². The van der Waals surface area contributed by atoms with Crippen LogP contribution in [0.15, 0.2) is 83.5 Å². The van der Waals surface area contributed by atoms with Gasteiger partial charge in [0.1, 0.15) is 5.75 Å². The minimum Gasteiger partial charge on any atom is -0.506 e. The van der Waals surface area contributed by atoms with Crippen molar-refractivity contribution >= 4 is 38.9 Å². The van der Waals surface area contributed by atoms with Crippen LogP contribution in [-0.4, -0.2) is 19.8 Å². The van der Waals surface area contributed by atoms with Crippen LogP contribution in [0.4, 0.5) is 5.69 Å². The first kappa shape index (κ1) is 21.7. The molecule has 7 heteroatoms. The number of phenols is 1. The van der Waals surface area contributed by atoms with Gasteiger partial charge in [-0.2, -0.15) is 0 Å². The third kappa shape index (κ3) is 3.81. The van der Waals surface area contributed by atoms with Gasteiger partial charge < -0.3 is 19.9 Å². The summed E-state index contributed by atoms with van der Waals surface area (Å²) in [4.78, 5) is 6.64. The van der Waals surface area contributed by atoms with Crippen LogP contribution in [0.3, 0.4) is 0 Å². The molecular weight excluding hydrogens is 496 g/mol. The second-order valence-corrected chi connectivity index (χ2v) is 9.43. The lowest BCUT2D eigenvalue weighted by atomic mass is 9.96. The van der Waals surface area contributed by atoms with E-state index < -0.39 is 0 Å². The molecule has 33 heavy (non-hydrogen) atoms. The molecule has 0 amide bonds. The standard InChI is InChI=1S/C26H23BrN4OS/c1-16-14-20(17(2)30(16)19-9-7-8-18(27)15-19)25-24(21-10-5-6-13-28-21)29-26(33)31(25)22-11-3-4-12-23(22)32/h3-15,24-25,32H,1-2H3,(H,29,33)/t24-,25-/m0/s1. The number of hydrogen-bond donors (Lipinski definition) is 2. The van der Waals surface area contributed by atoms with E-state index in [0.29, 0.717) is 10.8 Å². The molecule has 1 aliphatic heterocycles. The number of thiocarbonyl (C=S) groups is 1. The average Bonchev–Trinajstić information content (AvgIpc) is 3.30. The number of anilines is 1. The van der Waals surface area contributed by atoms with Gasteiger partial charge in [0.15, 0.2) is 5.11 Å². The molecule has 0 radical (unpaired) electrons. The van der Waals surface area contributed by atoms with Crippen molar-refractivity contribution in [2.45, 2.75) is 25.9 Å². The lowest BCUT2D eigenvalue weighted by molar-refractivity contribution is 0.472. The Labute approximate surface area is 206 Å². The van der Waals surface area contributed by atoms with Gasteiger partial charge in [-0.25, -0.2) is 0 Å². The second kappa shape index (κ2) is 8.65. The number of aromatic nitrogens is 2. The zero-order chi connectivity index (χ0) is 23.1. The topological polar surface area (TPSA) is 53.3 Å². The van der Waals surface area contributed by atoms with Gasteiger partial charge in [-0.3, -0.25) is 4.98 Å². The Kier molecular flexibility index (Phi) is 5.68. The Morgan fingerprint density at radius 3 is 2.52 bits per heavy atom. The zero-order valence-corrected chi connectivity index (χ0v) is 20.6. The summed E-state index contributed by atoms with van der Waals surface area (Å²) < 4.78 is 3.28. The Morgan fingerprint density at radius 2 is 1.79 bits per heavy atom. The molecule has 3 heterocycles. The van der Waals surface area contributed by atoms with Crippen LogP contribution in [0.5, 0.6) is 5.75 Å². The molecule has 5 nitrogen and oxygen atoms in total. The van der Waals surface area contributed by atoms with Gasteiger partial charge in [-0.05, 0) is 80.2 Å². The van der Waals surface area contributed by atoms with Crippen LogP contribution in [0, 0.1) is 13.8 Å². The first-order chi connectivity index (χ1) is 16.0. The van der Waals surface area contributed by atoms with E-state index >= 15 is 0 Å². The number of nitrogens with one attached hydrogen (secondary N) is 1. The fourth-order valence-electron chi connectivity index (χ4n) is 4.70. The van der Waals surface area contributed by atoms with Gasteiger partial charge in [-0.1, -0.05) is 40.2 Å². The highest BCUT2D eigenvalue weighted by Crippen LogP contribution is 2.45. The Bertz CT molecular complexity index is 1340. The van der Waals surface area contributed by atoms with Crippen molar-refractivity contribution in [3.8, 4) is 11.4 Å². The van der Waals surface area contributed by atoms with Crippen LogP contribution >= 0.6 is 28.1 Å². The van der Waals surface area contributed by atoms with E-state index in [1.165, 1.54) is 0 Å². The van der Waals surface area contributed by atoms with Crippen molar-refractivity contribution < 1.29 is 5.11 Å². The van der Waals surface area contributed by atoms with Gasteiger partial charge >= 0.3 is 0 Å². The highest BCUT2D eigenvalue weighted by molar-refractivity contribution is 9.10. The summed E-state index contributed by atoms with van der Waals surface area (Å²) in [5.74, 6) is 0.189. The van der Waals surface area contributed by atoms with Crippen LogP contribution in [0.25, 0.3) is 5.69 Å². The quantitative estimate of drug-likeness (QED) is 0.318. The van der Waals surface area contributed by atoms with Crippen LogP contribution in [-0.2, 0) is 0 Å². The number of hydrogen-bond acceptors (Lipinski definition) is 3. The summed E-state index contributed by atoms with van der Waals surface area (Å²) in [7, 11) is 0. The normalized spacial score (nSPS) is 17.9. The largest absolute Gasteiger partial charge is 0.506 e. The van der Waals surface area contributed by atoms with Gasteiger partial charge in [0.05, 0.1) is 23.5 Å². The van der Waals surface area contributed by atoms with Crippen molar-refractivity contribution in [2.75, 3.05) is 4.90 Å². The summed E-state index contributed by atoms with van der Waals surface area (Å²) in [5.41, 5.74) is 6.01. The molecule has 0 unspecified atom stereocenters. The number of aryl methyl sites for hydroxylation is 1. The van der Waals surface area contributed by atoms with Crippen LogP contribution < -0.4 is 10.2 Å². The molecule has 1 fully saturated rings. The monoisotopic (exact) mass is 518 g/mol. The number of benzene rings is 2. The van der Waals surface area contributed by atoms with E-state index in [0.717, 1.165) is 32.8 Å². The Balaban J connectivity index is 1.70. The molecule has 0 spiro atoms. The number of nitrogens with zero attached hydrogens (tertiary/aromatic N) is 3. The van der Waals surface area contributed by atoms with E-state index in [-0.39, 0.29) is 17.8 Å². The van der Waals surface area contributed by atoms with Crippen molar-refractivity contribution in [3.05, 3.63) is 106 Å². The van der Waals surface area contributed by atoms with E-state index in [9.17, 15) is 5.11 Å². The van der Waals surface area contributed by atoms with Crippen LogP contribution in [0.2, 0.25) is 0 Å². The maximum atomic E-state index is 10.7. The lowest BCUT2D eigenvalue weighted by Gasteiger charge is -2.28. The molecular formula is C26H23BrN4OS. The van der Waals surface area contributed by atoms with Crippen molar-refractivity contribution in [3.63, 3.8) is 0 Å². The smallest absolute Gasteiger partial charge is 0.174 e. The molecule has 0 aliphatic carbocycles. The minimum atomic E-state index is -0.187. The summed E-state index contributed by atoms with van der Waals surface area (Å²) in [6.45, 7) is 4.24. The number of aromatic hydroxyl groups is 1.